The molecule has 0 unspecified atom stereocenters. The number of anilines is 1. The summed E-state index contributed by atoms with van der Waals surface area (Å²) in [6, 6.07) is 6.04. The fraction of sp³-hybridized carbons (Fsp3) is 0.333. The van der Waals surface area contributed by atoms with Gasteiger partial charge in [0.15, 0.2) is 0 Å². The summed E-state index contributed by atoms with van der Waals surface area (Å²) in [5.74, 6) is 0.932. The van der Waals surface area contributed by atoms with E-state index in [-0.39, 0.29) is 0 Å². The third-order valence-corrected chi connectivity index (χ3v) is 2.43. The first-order chi connectivity index (χ1) is 5.81. The van der Waals surface area contributed by atoms with Gasteiger partial charge in [0.1, 0.15) is 5.75 Å². The molecule has 1 N–H and O–H groups in total. The number of methoxy groups -OCH3 is 1. The van der Waals surface area contributed by atoms with E-state index in [2.05, 4.69) is 11.4 Å². The molecule has 1 rings (SSSR count). The Morgan fingerprint density at radius 1 is 1.42 bits per heavy atom. The average Bonchev–Trinajstić information content (AvgIpc) is 2.16. The minimum absolute atomic E-state index is 0.932. The zero-order valence-corrected chi connectivity index (χ0v) is 8.37. The summed E-state index contributed by atoms with van der Waals surface area (Å²) >= 11 is 1.68. The van der Waals surface area contributed by atoms with Gasteiger partial charge in [-0.2, -0.15) is 0 Å². The fourth-order valence-corrected chi connectivity index (χ4v) is 1.59. The van der Waals surface area contributed by atoms with Crippen LogP contribution in [-0.4, -0.2) is 20.4 Å². The van der Waals surface area contributed by atoms with Crippen LogP contribution >= 0.6 is 11.8 Å². The van der Waals surface area contributed by atoms with Gasteiger partial charge in [-0.1, -0.05) is 0 Å². The first-order valence-corrected chi connectivity index (χ1v) is 4.94. The minimum Gasteiger partial charge on any atom is -0.496 e. The van der Waals surface area contributed by atoms with Crippen LogP contribution in [0.2, 0.25) is 0 Å². The van der Waals surface area contributed by atoms with Crippen molar-refractivity contribution in [2.24, 2.45) is 0 Å². The van der Waals surface area contributed by atoms with Crippen LogP contribution in [0.3, 0.4) is 0 Å². The van der Waals surface area contributed by atoms with Crippen LogP contribution in [0.1, 0.15) is 0 Å². The van der Waals surface area contributed by atoms with Gasteiger partial charge in [0.2, 0.25) is 0 Å². The predicted octanol–water partition coefficient (Wildman–Crippen LogP) is 2.46. The SMILES string of the molecule is CNc1ccc(OC)c(SC)c1. The Bertz CT molecular complexity index is 263. The highest BCUT2D eigenvalue weighted by Gasteiger charge is 2.01. The van der Waals surface area contributed by atoms with Gasteiger partial charge >= 0.3 is 0 Å². The summed E-state index contributed by atoms with van der Waals surface area (Å²) in [6.45, 7) is 0. The topological polar surface area (TPSA) is 21.3 Å². The van der Waals surface area contributed by atoms with Crippen LogP contribution in [0.15, 0.2) is 23.1 Å². The summed E-state index contributed by atoms with van der Waals surface area (Å²) in [5, 5.41) is 3.08. The van der Waals surface area contributed by atoms with Crippen molar-refractivity contribution in [1.82, 2.24) is 0 Å². The molecule has 0 fully saturated rings. The number of benzene rings is 1. The van der Waals surface area contributed by atoms with Crippen LogP contribution in [0.5, 0.6) is 5.75 Å². The Morgan fingerprint density at radius 2 is 2.17 bits per heavy atom. The smallest absolute Gasteiger partial charge is 0.132 e. The normalized spacial score (nSPS) is 9.58. The molecule has 1 aromatic carbocycles. The number of ether oxygens (including phenoxy) is 1. The molecule has 1 aromatic rings. The highest BCUT2D eigenvalue weighted by molar-refractivity contribution is 7.98. The Balaban J connectivity index is 3.02. The van der Waals surface area contributed by atoms with Gasteiger partial charge in [-0.15, -0.1) is 11.8 Å². The summed E-state index contributed by atoms with van der Waals surface area (Å²) in [4.78, 5) is 1.16. The number of hydrogen-bond acceptors (Lipinski definition) is 3. The largest absolute Gasteiger partial charge is 0.496 e. The molecule has 0 aromatic heterocycles. The van der Waals surface area contributed by atoms with E-state index in [9.17, 15) is 0 Å². The third kappa shape index (κ3) is 1.85. The molecular formula is C9H13NOS. The zero-order chi connectivity index (χ0) is 8.97. The highest BCUT2D eigenvalue weighted by atomic mass is 32.2. The molecule has 0 radical (unpaired) electrons. The van der Waals surface area contributed by atoms with Crippen molar-refractivity contribution in [3.05, 3.63) is 18.2 Å². The van der Waals surface area contributed by atoms with Crippen molar-refractivity contribution in [2.45, 2.75) is 4.90 Å². The van der Waals surface area contributed by atoms with Gasteiger partial charge in [0, 0.05) is 12.7 Å². The average molecular weight is 183 g/mol. The van der Waals surface area contributed by atoms with E-state index in [1.54, 1.807) is 18.9 Å². The molecular weight excluding hydrogens is 170 g/mol. The molecule has 0 saturated carbocycles. The number of nitrogens with one attached hydrogen (secondary N) is 1. The standard InChI is InChI=1S/C9H13NOS/c1-10-7-4-5-8(11-2)9(6-7)12-3/h4-6,10H,1-3H3. The molecule has 66 valence electrons. The third-order valence-electron chi connectivity index (χ3n) is 1.67. The van der Waals surface area contributed by atoms with Crippen molar-refractivity contribution in [3.8, 4) is 5.75 Å². The first kappa shape index (κ1) is 9.26. The van der Waals surface area contributed by atoms with Crippen molar-refractivity contribution in [1.29, 1.82) is 0 Å². The Kier molecular flexibility index (Phi) is 3.29. The molecule has 12 heavy (non-hydrogen) atoms. The Labute approximate surface area is 77.3 Å². The van der Waals surface area contributed by atoms with Crippen LogP contribution in [-0.2, 0) is 0 Å². The van der Waals surface area contributed by atoms with E-state index in [4.69, 9.17) is 4.74 Å². The van der Waals surface area contributed by atoms with E-state index in [0.29, 0.717) is 0 Å². The maximum Gasteiger partial charge on any atom is 0.132 e. The Morgan fingerprint density at radius 3 is 2.67 bits per heavy atom. The summed E-state index contributed by atoms with van der Waals surface area (Å²) in [6.07, 6.45) is 2.04. The van der Waals surface area contributed by atoms with Crippen LogP contribution in [0.25, 0.3) is 0 Å². The minimum atomic E-state index is 0.932. The molecule has 0 amide bonds. The van der Waals surface area contributed by atoms with Gasteiger partial charge in [0.25, 0.3) is 0 Å². The van der Waals surface area contributed by atoms with Crippen molar-refractivity contribution < 1.29 is 4.74 Å². The molecule has 0 aliphatic heterocycles. The quantitative estimate of drug-likeness (QED) is 0.727. The lowest BCUT2D eigenvalue weighted by atomic mass is 10.3. The maximum atomic E-state index is 5.19. The number of thioether (sulfide) groups is 1. The van der Waals surface area contributed by atoms with E-state index >= 15 is 0 Å². The molecule has 0 spiro atoms. The van der Waals surface area contributed by atoms with E-state index in [0.717, 1.165) is 16.3 Å². The van der Waals surface area contributed by atoms with Crippen LogP contribution in [0.4, 0.5) is 5.69 Å². The number of hydrogen-bond donors (Lipinski definition) is 1. The van der Waals surface area contributed by atoms with Gasteiger partial charge in [-0.05, 0) is 24.5 Å². The van der Waals surface area contributed by atoms with Crippen LogP contribution < -0.4 is 10.1 Å². The molecule has 0 heterocycles. The summed E-state index contributed by atoms with van der Waals surface area (Å²) < 4.78 is 5.19. The van der Waals surface area contributed by atoms with Crippen molar-refractivity contribution in [3.63, 3.8) is 0 Å². The molecule has 0 aliphatic rings. The molecule has 2 nitrogen and oxygen atoms in total. The van der Waals surface area contributed by atoms with E-state index in [1.807, 2.05) is 25.4 Å². The van der Waals surface area contributed by atoms with Crippen molar-refractivity contribution >= 4 is 17.4 Å². The van der Waals surface area contributed by atoms with Gasteiger partial charge < -0.3 is 10.1 Å². The lowest BCUT2D eigenvalue weighted by Gasteiger charge is -2.07. The van der Waals surface area contributed by atoms with Crippen molar-refractivity contribution in [2.75, 3.05) is 25.7 Å². The Hall–Kier alpha value is -0.830. The lowest BCUT2D eigenvalue weighted by Crippen LogP contribution is -1.90. The molecule has 3 heteroatoms. The summed E-state index contributed by atoms with van der Waals surface area (Å²) in [7, 11) is 3.60. The second kappa shape index (κ2) is 4.26. The lowest BCUT2D eigenvalue weighted by molar-refractivity contribution is 0.405. The molecule has 0 bridgehead atoms. The first-order valence-electron chi connectivity index (χ1n) is 3.71. The van der Waals surface area contributed by atoms with E-state index < -0.39 is 0 Å². The van der Waals surface area contributed by atoms with Crippen LogP contribution in [0, 0.1) is 0 Å². The zero-order valence-electron chi connectivity index (χ0n) is 7.55. The number of rotatable bonds is 3. The monoisotopic (exact) mass is 183 g/mol. The molecule has 0 saturated heterocycles. The second-order valence-corrected chi connectivity index (χ2v) is 3.17. The molecule has 0 atom stereocenters. The predicted molar refractivity (Wildman–Crippen MR) is 54.3 cm³/mol. The second-order valence-electron chi connectivity index (χ2n) is 2.32. The highest BCUT2D eigenvalue weighted by Crippen LogP contribution is 2.29. The molecule has 0 aliphatic carbocycles. The van der Waals surface area contributed by atoms with E-state index in [1.165, 1.54) is 0 Å². The van der Waals surface area contributed by atoms with Gasteiger partial charge in [-0.25, -0.2) is 0 Å². The maximum absolute atomic E-state index is 5.19. The fourth-order valence-electron chi connectivity index (χ4n) is 0.992. The summed E-state index contributed by atoms with van der Waals surface area (Å²) in [5.41, 5.74) is 1.11. The van der Waals surface area contributed by atoms with Gasteiger partial charge in [-0.3, -0.25) is 0 Å². The van der Waals surface area contributed by atoms with Gasteiger partial charge in [0.05, 0.1) is 12.0 Å².